The van der Waals surface area contributed by atoms with Gasteiger partial charge in [-0.3, -0.25) is 0 Å². The monoisotopic (exact) mass is 168 g/mol. The molecule has 0 aromatic rings. The van der Waals surface area contributed by atoms with Crippen molar-refractivity contribution in [2.45, 2.75) is 37.6 Å². The average Bonchev–Trinajstić information content (AvgIpc) is 2.02. The van der Waals surface area contributed by atoms with Crippen LogP contribution in [0.4, 0.5) is 0 Å². The van der Waals surface area contributed by atoms with Gasteiger partial charge in [0, 0.05) is 12.1 Å². The molecular weight excluding hydrogens is 148 g/mol. The fraction of sp³-hybridized carbons (Fsp3) is 1.00. The smallest absolute Gasteiger partial charge is 0.0312 e. The van der Waals surface area contributed by atoms with Crippen LogP contribution in [0.3, 0.4) is 0 Å². The quantitative estimate of drug-likeness (QED) is 0.589. The molecule has 1 saturated heterocycles. The van der Waals surface area contributed by atoms with Crippen molar-refractivity contribution in [3.63, 3.8) is 0 Å². The van der Waals surface area contributed by atoms with Gasteiger partial charge in [0.15, 0.2) is 0 Å². The molecule has 0 unspecified atom stereocenters. The molecule has 0 bridgehead atoms. The molecule has 2 aliphatic rings. The van der Waals surface area contributed by atoms with Crippen LogP contribution >= 0.6 is 0 Å². The third-order valence-electron chi connectivity index (χ3n) is 3.68. The molecule has 1 saturated carbocycles. The first-order valence-corrected chi connectivity index (χ1v) is 5.18. The van der Waals surface area contributed by atoms with Crippen molar-refractivity contribution in [3.05, 3.63) is 0 Å². The number of likely N-dealkylation sites (tertiary alicyclic amines) is 1. The molecule has 0 aromatic carbocycles. The second-order valence-corrected chi connectivity index (χ2v) is 4.70. The van der Waals surface area contributed by atoms with Crippen LogP contribution < -0.4 is 5.73 Å². The summed E-state index contributed by atoms with van der Waals surface area (Å²) in [6.07, 6.45) is 6.72. The Morgan fingerprint density at radius 1 is 1.33 bits per heavy atom. The first-order chi connectivity index (χ1) is 5.71. The summed E-state index contributed by atoms with van der Waals surface area (Å²) in [6.45, 7) is 2.38. The molecule has 0 amide bonds. The summed E-state index contributed by atoms with van der Waals surface area (Å²) in [6, 6.07) is 0. The fourth-order valence-corrected chi connectivity index (χ4v) is 2.93. The molecule has 1 aliphatic heterocycles. The molecule has 2 fully saturated rings. The molecule has 0 aromatic heterocycles. The number of hydrogen-bond donors (Lipinski definition) is 1. The van der Waals surface area contributed by atoms with Crippen LogP contribution in [0.25, 0.3) is 0 Å². The molecule has 1 heterocycles. The summed E-state index contributed by atoms with van der Waals surface area (Å²) in [5.41, 5.74) is 6.58. The third-order valence-corrected chi connectivity index (χ3v) is 3.68. The van der Waals surface area contributed by atoms with Crippen molar-refractivity contribution in [1.29, 1.82) is 0 Å². The minimum atomic E-state index is 0.172. The van der Waals surface area contributed by atoms with Gasteiger partial charge in [-0.25, -0.2) is 0 Å². The lowest BCUT2D eigenvalue weighted by Crippen LogP contribution is -2.59. The molecule has 2 rings (SSSR count). The van der Waals surface area contributed by atoms with Crippen molar-refractivity contribution >= 4 is 0 Å². The minimum absolute atomic E-state index is 0.172. The van der Waals surface area contributed by atoms with E-state index in [1.54, 1.807) is 0 Å². The standard InChI is InChI=1S/C10H20N2/c1-12-7-5-9-4-2-3-6-10(9,11)8-12/h9H,2-8,11H2,1H3/t9-,10-/m0/s1. The molecule has 2 heteroatoms. The molecule has 1 aliphatic carbocycles. The zero-order chi connectivity index (χ0) is 8.60. The zero-order valence-corrected chi connectivity index (χ0v) is 8.05. The summed E-state index contributed by atoms with van der Waals surface area (Å²) in [5, 5.41) is 0. The van der Waals surface area contributed by atoms with E-state index in [1.807, 2.05) is 0 Å². The highest BCUT2D eigenvalue weighted by molar-refractivity contribution is 4.99. The van der Waals surface area contributed by atoms with E-state index in [2.05, 4.69) is 11.9 Å². The van der Waals surface area contributed by atoms with Gasteiger partial charge in [0.05, 0.1) is 0 Å². The largest absolute Gasteiger partial charge is 0.324 e. The lowest BCUT2D eigenvalue weighted by Gasteiger charge is -2.48. The van der Waals surface area contributed by atoms with Crippen molar-refractivity contribution < 1.29 is 0 Å². The van der Waals surface area contributed by atoms with E-state index in [9.17, 15) is 0 Å². The predicted molar refractivity (Wildman–Crippen MR) is 51.0 cm³/mol. The topological polar surface area (TPSA) is 29.3 Å². The molecule has 12 heavy (non-hydrogen) atoms. The van der Waals surface area contributed by atoms with E-state index in [-0.39, 0.29) is 5.54 Å². The summed E-state index contributed by atoms with van der Waals surface area (Å²) >= 11 is 0. The minimum Gasteiger partial charge on any atom is -0.324 e. The number of piperidine rings is 1. The van der Waals surface area contributed by atoms with E-state index in [0.717, 1.165) is 12.5 Å². The molecule has 2 N–H and O–H groups in total. The van der Waals surface area contributed by atoms with Gasteiger partial charge < -0.3 is 10.6 Å². The van der Waals surface area contributed by atoms with Crippen LogP contribution in [0.1, 0.15) is 32.1 Å². The molecule has 0 radical (unpaired) electrons. The highest BCUT2D eigenvalue weighted by atomic mass is 15.1. The SMILES string of the molecule is CN1CC[C@@H]2CCCC[C@]2(N)C1. The number of nitrogens with two attached hydrogens (primary N) is 1. The van der Waals surface area contributed by atoms with E-state index in [1.165, 1.54) is 38.6 Å². The van der Waals surface area contributed by atoms with Crippen LogP contribution in [-0.2, 0) is 0 Å². The van der Waals surface area contributed by atoms with Crippen LogP contribution in [-0.4, -0.2) is 30.6 Å². The number of likely N-dealkylation sites (N-methyl/N-ethyl adjacent to an activating group) is 1. The first kappa shape index (κ1) is 8.52. The summed E-state index contributed by atoms with van der Waals surface area (Å²) < 4.78 is 0. The van der Waals surface area contributed by atoms with Gasteiger partial charge in [-0.2, -0.15) is 0 Å². The van der Waals surface area contributed by atoms with Gasteiger partial charge >= 0.3 is 0 Å². The van der Waals surface area contributed by atoms with Crippen molar-refractivity contribution in [1.82, 2.24) is 4.90 Å². The molecule has 2 nitrogen and oxygen atoms in total. The fourth-order valence-electron chi connectivity index (χ4n) is 2.93. The predicted octanol–water partition coefficient (Wildman–Crippen LogP) is 1.21. The van der Waals surface area contributed by atoms with E-state index in [4.69, 9.17) is 5.73 Å². The highest BCUT2D eigenvalue weighted by Gasteiger charge is 2.40. The molecule has 0 spiro atoms. The second-order valence-electron chi connectivity index (χ2n) is 4.70. The number of hydrogen-bond acceptors (Lipinski definition) is 2. The lowest BCUT2D eigenvalue weighted by molar-refractivity contribution is 0.0751. The van der Waals surface area contributed by atoms with Crippen LogP contribution in [0.2, 0.25) is 0 Å². The Bertz CT molecular complexity index is 169. The molecule has 70 valence electrons. The Balaban J connectivity index is 2.07. The maximum atomic E-state index is 6.41. The van der Waals surface area contributed by atoms with Crippen LogP contribution in [0, 0.1) is 5.92 Å². The lowest BCUT2D eigenvalue weighted by atomic mass is 9.70. The maximum Gasteiger partial charge on any atom is 0.0312 e. The Labute approximate surface area is 75.1 Å². The van der Waals surface area contributed by atoms with Crippen LogP contribution in [0.15, 0.2) is 0 Å². The number of fused-ring (bicyclic) bond motifs is 1. The van der Waals surface area contributed by atoms with Gasteiger partial charge in [0.1, 0.15) is 0 Å². The number of rotatable bonds is 0. The Morgan fingerprint density at radius 2 is 2.17 bits per heavy atom. The summed E-state index contributed by atoms with van der Waals surface area (Å²) in [7, 11) is 2.19. The summed E-state index contributed by atoms with van der Waals surface area (Å²) in [5.74, 6) is 0.822. The van der Waals surface area contributed by atoms with Gasteiger partial charge in [-0.1, -0.05) is 12.8 Å². The first-order valence-electron chi connectivity index (χ1n) is 5.18. The normalized spacial score (nSPS) is 44.0. The number of nitrogens with zero attached hydrogens (tertiary/aromatic N) is 1. The Kier molecular flexibility index (Phi) is 2.13. The molecular formula is C10H20N2. The van der Waals surface area contributed by atoms with Gasteiger partial charge in [0.2, 0.25) is 0 Å². The van der Waals surface area contributed by atoms with Gasteiger partial charge in [-0.15, -0.1) is 0 Å². The van der Waals surface area contributed by atoms with Gasteiger partial charge in [-0.05, 0) is 38.8 Å². The second kappa shape index (κ2) is 3.00. The highest BCUT2D eigenvalue weighted by Crippen LogP contribution is 2.37. The Hall–Kier alpha value is -0.0800. The maximum absolute atomic E-state index is 6.41. The Morgan fingerprint density at radius 3 is 3.00 bits per heavy atom. The third kappa shape index (κ3) is 1.38. The zero-order valence-electron chi connectivity index (χ0n) is 8.05. The average molecular weight is 168 g/mol. The van der Waals surface area contributed by atoms with E-state index >= 15 is 0 Å². The molecule has 2 atom stereocenters. The van der Waals surface area contributed by atoms with Gasteiger partial charge in [0.25, 0.3) is 0 Å². The van der Waals surface area contributed by atoms with Crippen LogP contribution in [0.5, 0.6) is 0 Å². The van der Waals surface area contributed by atoms with Crippen molar-refractivity contribution in [2.24, 2.45) is 11.7 Å². The van der Waals surface area contributed by atoms with E-state index < -0.39 is 0 Å². The van der Waals surface area contributed by atoms with Crippen molar-refractivity contribution in [3.8, 4) is 0 Å². The van der Waals surface area contributed by atoms with E-state index in [0.29, 0.717) is 0 Å². The van der Waals surface area contributed by atoms with Crippen molar-refractivity contribution in [2.75, 3.05) is 20.1 Å². The summed E-state index contributed by atoms with van der Waals surface area (Å²) in [4.78, 5) is 2.39.